The maximum atomic E-state index is 5.84. The Morgan fingerprint density at radius 3 is 2.90 bits per heavy atom. The van der Waals surface area contributed by atoms with E-state index in [4.69, 9.17) is 4.74 Å². The van der Waals surface area contributed by atoms with Gasteiger partial charge in [0.05, 0.1) is 28.5 Å². The normalized spacial score (nSPS) is 21.4. The highest BCUT2D eigenvalue weighted by molar-refractivity contribution is 9.10. The molecule has 2 atom stereocenters. The van der Waals surface area contributed by atoms with Crippen LogP contribution in [0.5, 0.6) is 0 Å². The number of hydrogen-bond donors (Lipinski definition) is 1. The quantitative estimate of drug-likeness (QED) is 0.852. The van der Waals surface area contributed by atoms with E-state index in [0.717, 1.165) is 23.9 Å². The summed E-state index contributed by atoms with van der Waals surface area (Å²) >= 11 is 3.64. The molecule has 1 fully saturated rings. The van der Waals surface area contributed by atoms with Gasteiger partial charge in [0.25, 0.3) is 0 Å². The van der Waals surface area contributed by atoms with Crippen LogP contribution in [0.15, 0.2) is 10.7 Å². The molecule has 0 saturated carbocycles. The molecular weight excluding hydrogens is 318 g/mol. The molecule has 1 aliphatic heterocycles. The molecule has 0 aliphatic carbocycles. The van der Waals surface area contributed by atoms with Crippen molar-refractivity contribution < 1.29 is 4.74 Å². The highest BCUT2D eigenvalue weighted by Gasteiger charge is 2.22. The van der Waals surface area contributed by atoms with Gasteiger partial charge in [0, 0.05) is 12.6 Å². The molecule has 2 rings (SSSR count). The van der Waals surface area contributed by atoms with Gasteiger partial charge in [-0.2, -0.15) is 5.10 Å². The summed E-state index contributed by atoms with van der Waals surface area (Å²) in [6.07, 6.45) is 8.27. The maximum Gasteiger partial charge on any atom is 0.0698 e. The fourth-order valence-electron chi connectivity index (χ4n) is 2.89. The number of rotatable bonds is 6. The van der Waals surface area contributed by atoms with E-state index in [2.05, 4.69) is 44.9 Å². The Balaban J connectivity index is 2.02. The number of aromatic nitrogens is 2. The molecule has 20 heavy (non-hydrogen) atoms. The predicted molar refractivity (Wildman–Crippen MR) is 84.9 cm³/mol. The second-order valence-electron chi connectivity index (χ2n) is 5.82. The van der Waals surface area contributed by atoms with Crippen LogP contribution >= 0.6 is 15.9 Å². The Labute approximate surface area is 130 Å². The molecule has 0 aromatic carbocycles. The third-order valence-corrected chi connectivity index (χ3v) is 4.62. The van der Waals surface area contributed by atoms with E-state index in [1.54, 1.807) is 0 Å². The average Bonchev–Trinajstić information content (AvgIpc) is 2.83. The Hall–Kier alpha value is -0.390. The first-order valence-electron chi connectivity index (χ1n) is 7.65. The SMILES string of the molecule is CNC(CCC1CCCCO1)c1c(Br)cnn1C(C)C. The van der Waals surface area contributed by atoms with Gasteiger partial charge in [0.2, 0.25) is 0 Å². The highest BCUT2D eigenvalue weighted by atomic mass is 79.9. The first-order chi connectivity index (χ1) is 9.63. The van der Waals surface area contributed by atoms with Crippen LogP contribution in [-0.4, -0.2) is 29.5 Å². The molecule has 0 spiro atoms. The molecular formula is C15H26BrN3O. The van der Waals surface area contributed by atoms with Gasteiger partial charge in [-0.15, -0.1) is 0 Å². The van der Waals surface area contributed by atoms with Crippen molar-refractivity contribution in [2.24, 2.45) is 0 Å². The van der Waals surface area contributed by atoms with E-state index in [0.29, 0.717) is 18.2 Å². The summed E-state index contributed by atoms with van der Waals surface area (Å²) in [5.74, 6) is 0. The molecule has 114 valence electrons. The van der Waals surface area contributed by atoms with Gasteiger partial charge in [-0.25, -0.2) is 0 Å². The van der Waals surface area contributed by atoms with Gasteiger partial charge < -0.3 is 10.1 Å². The Bertz CT molecular complexity index is 413. The summed E-state index contributed by atoms with van der Waals surface area (Å²) in [6, 6.07) is 0.692. The molecule has 5 heteroatoms. The molecule has 1 N–H and O–H groups in total. The summed E-state index contributed by atoms with van der Waals surface area (Å²) < 4.78 is 9.03. The molecule has 0 amide bonds. The van der Waals surface area contributed by atoms with Gasteiger partial charge >= 0.3 is 0 Å². The topological polar surface area (TPSA) is 39.1 Å². The first kappa shape index (κ1) is 16.0. The van der Waals surface area contributed by atoms with Crippen molar-refractivity contribution in [3.63, 3.8) is 0 Å². The standard InChI is InChI=1S/C15H26BrN3O/c1-11(2)19-15(13(16)10-18-19)14(17-3)8-7-12-6-4-5-9-20-12/h10-12,14,17H,4-9H2,1-3H3. The zero-order valence-corrected chi connectivity index (χ0v) is 14.3. The van der Waals surface area contributed by atoms with E-state index >= 15 is 0 Å². The van der Waals surface area contributed by atoms with E-state index in [1.165, 1.54) is 25.0 Å². The van der Waals surface area contributed by atoms with Crippen molar-refractivity contribution >= 4 is 15.9 Å². The molecule has 1 saturated heterocycles. The van der Waals surface area contributed by atoms with Crippen LogP contribution in [0.4, 0.5) is 0 Å². The largest absolute Gasteiger partial charge is 0.378 e. The fraction of sp³-hybridized carbons (Fsp3) is 0.800. The molecule has 4 nitrogen and oxygen atoms in total. The van der Waals surface area contributed by atoms with E-state index in [1.807, 2.05) is 13.2 Å². The van der Waals surface area contributed by atoms with Crippen LogP contribution < -0.4 is 5.32 Å². The van der Waals surface area contributed by atoms with Crippen LogP contribution in [0.1, 0.15) is 63.7 Å². The second kappa shape index (κ2) is 7.57. The van der Waals surface area contributed by atoms with Gasteiger partial charge in [0.15, 0.2) is 0 Å². The monoisotopic (exact) mass is 343 g/mol. The zero-order valence-electron chi connectivity index (χ0n) is 12.7. The van der Waals surface area contributed by atoms with Crippen molar-refractivity contribution in [1.29, 1.82) is 0 Å². The minimum atomic E-state index is 0.319. The van der Waals surface area contributed by atoms with Crippen molar-refractivity contribution in [3.05, 3.63) is 16.4 Å². The first-order valence-corrected chi connectivity index (χ1v) is 8.44. The van der Waals surface area contributed by atoms with Gasteiger partial charge in [-0.3, -0.25) is 4.68 Å². The van der Waals surface area contributed by atoms with Crippen LogP contribution in [0.25, 0.3) is 0 Å². The molecule has 1 aromatic heterocycles. The Morgan fingerprint density at radius 2 is 2.30 bits per heavy atom. The van der Waals surface area contributed by atoms with Gasteiger partial charge in [-0.05, 0) is 68.9 Å². The lowest BCUT2D eigenvalue weighted by molar-refractivity contribution is 0.00850. The van der Waals surface area contributed by atoms with Crippen molar-refractivity contribution in [1.82, 2.24) is 15.1 Å². The smallest absolute Gasteiger partial charge is 0.0698 e. The van der Waals surface area contributed by atoms with Crippen LogP contribution in [0, 0.1) is 0 Å². The summed E-state index contributed by atoms with van der Waals surface area (Å²) in [6.45, 7) is 5.27. The summed E-state index contributed by atoms with van der Waals surface area (Å²) in [5, 5.41) is 7.91. The maximum absolute atomic E-state index is 5.84. The van der Waals surface area contributed by atoms with Crippen molar-refractivity contribution in [2.75, 3.05) is 13.7 Å². The lowest BCUT2D eigenvalue weighted by Gasteiger charge is -2.26. The zero-order chi connectivity index (χ0) is 14.5. The fourth-order valence-corrected chi connectivity index (χ4v) is 3.44. The minimum absolute atomic E-state index is 0.319. The molecule has 1 aromatic rings. The van der Waals surface area contributed by atoms with E-state index in [-0.39, 0.29) is 0 Å². The van der Waals surface area contributed by atoms with Gasteiger partial charge in [-0.1, -0.05) is 0 Å². The van der Waals surface area contributed by atoms with Gasteiger partial charge in [0.1, 0.15) is 0 Å². The van der Waals surface area contributed by atoms with E-state index < -0.39 is 0 Å². The molecule has 1 aliphatic rings. The second-order valence-corrected chi connectivity index (χ2v) is 6.68. The van der Waals surface area contributed by atoms with Crippen LogP contribution in [-0.2, 0) is 4.74 Å². The van der Waals surface area contributed by atoms with Crippen molar-refractivity contribution in [3.8, 4) is 0 Å². The number of halogens is 1. The molecule has 2 unspecified atom stereocenters. The average molecular weight is 344 g/mol. The summed E-state index contributed by atoms with van der Waals surface area (Å²) in [7, 11) is 2.02. The third kappa shape index (κ3) is 3.83. The summed E-state index contributed by atoms with van der Waals surface area (Å²) in [4.78, 5) is 0. The minimum Gasteiger partial charge on any atom is -0.378 e. The number of ether oxygens (including phenoxy) is 1. The lowest BCUT2D eigenvalue weighted by atomic mass is 10.00. The molecule has 0 bridgehead atoms. The molecule has 0 radical (unpaired) electrons. The van der Waals surface area contributed by atoms with Crippen LogP contribution in [0.3, 0.4) is 0 Å². The highest BCUT2D eigenvalue weighted by Crippen LogP contribution is 2.30. The number of hydrogen-bond acceptors (Lipinski definition) is 3. The number of nitrogens with zero attached hydrogens (tertiary/aromatic N) is 2. The van der Waals surface area contributed by atoms with Crippen LogP contribution in [0.2, 0.25) is 0 Å². The van der Waals surface area contributed by atoms with E-state index in [9.17, 15) is 0 Å². The Morgan fingerprint density at radius 1 is 1.50 bits per heavy atom. The molecule has 2 heterocycles. The van der Waals surface area contributed by atoms with Crippen molar-refractivity contribution in [2.45, 2.75) is 64.1 Å². The lowest BCUT2D eigenvalue weighted by Crippen LogP contribution is -2.25. The third-order valence-electron chi connectivity index (χ3n) is 4.01. The number of nitrogens with one attached hydrogen (secondary N) is 1. The summed E-state index contributed by atoms with van der Waals surface area (Å²) in [5.41, 5.74) is 1.25. The predicted octanol–water partition coefficient (Wildman–Crippen LogP) is 3.84. The Kier molecular flexibility index (Phi) is 6.05.